The summed E-state index contributed by atoms with van der Waals surface area (Å²) in [6.07, 6.45) is 4.50. The number of benzene rings is 1. The van der Waals surface area contributed by atoms with E-state index in [1.807, 2.05) is 0 Å². The first-order valence-corrected chi connectivity index (χ1v) is 9.54. The highest BCUT2D eigenvalue weighted by atomic mass is 19.1. The highest BCUT2D eigenvalue weighted by Crippen LogP contribution is 2.38. The van der Waals surface area contributed by atoms with E-state index < -0.39 is 11.7 Å². The fraction of sp³-hybridized carbons (Fsp3) is 0.150. The maximum Gasteiger partial charge on any atom is 0.273 e. The minimum absolute atomic E-state index is 0.0474. The number of hydrogen-bond donors (Lipinski definition) is 5. The molecular weight excluding hydrogens is 431 g/mol. The molecule has 12 nitrogen and oxygen atoms in total. The third-order valence-corrected chi connectivity index (χ3v) is 4.23. The van der Waals surface area contributed by atoms with Crippen molar-refractivity contribution in [3.05, 3.63) is 60.2 Å². The number of methoxy groups -OCH3 is 1. The number of halogens is 1. The van der Waals surface area contributed by atoms with Crippen molar-refractivity contribution in [3.8, 4) is 17.1 Å². The van der Waals surface area contributed by atoms with Gasteiger partial charge in [0.25, 0.3) is 5.91 Å². The number of anilines is 3. The Bertz CT molecular complexity index is 1190. The Morgan fingerprint density at radius 2 is 1.91 bits per heavy atom. The molecule has 1 aromatic carbocycles. The predicted molar refractivity (Wildman–Crippen MR) is 119 cm³/mol. The third kappa shape index (κ3) is 5.33. The first-order valence-electron chi connectivity index (χ1n) is 9.54. The van der Waals surface area contributed by atoms with Gasteiger partial charge >= 0.3 is 0 Å². The van der Waals surface area contributed by atoms with Crippen LogP contribution < -0.4 is 26.0 Å². The van der Waals surface area contributed by atoms with Crippen molar-refractivity contribution in [2.75, 3.05) is 31.8 Å². The van der Waals surface area contributed by atoms with E-state index in [0.717, 1.165) is 0 Å². The van der Waals surface area contributed by atoms with Gasteiger partial charge in [-0.1, -0.05) is 0 Å². The van der Waals surface area contributed by atoms with Crippen LogP contribution >= 0.6 is 0 Å². The van der Waals surface area contributed by atoms with Crippen molar-refractivity contribution < 1.29 is 13.9 Å². The molecule has 0 aliphatic heterocycles. The van der Waals surface area contributed by atoms with Crippen LogP contribution in [0.5, 0.6) is 5.75 Å². The monoisotopic (exact) mass is 452 g/mol. The van der Waals surface area contributed by atoms with E-state index in [1.165, 1.54) is 51.0 Å². The summed E-state index contributed by atoms with van der Waals surface area (Å²) in [6, 6.07) is 5.57. The summed E-state index contributed by atoms with van der Waals surface area (Å²) in [5.74, 6) is -0.238. The van der Waals surface area contributed by atoms with Crippen molar-refractivity contribution in [3.63, 3.8) is 0 Å². The van der Waals surface area contributed by atoms with Crippen LogP contribution in [0.2, 0.25) is 0 Å². The Morgan fingerprint density at radius 1 is 1.15 bits per heavy atom. The van der Waals surface area contributed by atoms with Crippen LogP contribution in [0.25, 0.3) is 11.4 Å². The summed E-state index contributed by atoms with van der Waals surface area (Å²) in [7, 11) is 4.51. The molecule has 2 heterocycles. The normalized spacial score (nSPS) is 10.8. The summed E-state index contributed by atoms with van der Waals surface area (Å²) in [5, 5.41) is 22.2. The van der Waals surface area contributed by atoms with Gasteiger partial charge in [0, 0.05) is 44.8 Å². The third-order valence-electron chi connectivity index (χ3n) is 4.23. The second-order valence-electron chi connectivity index (χ2n) is 6.36. The molecule has 13 heteroatoms. The first-order chi connectivity index (χ1) is 16.0. The van der Waals surface area contributed by atoms with Gasteiger partial charge in [-0.2, -0.15) is 0 Å². The number of hydrogen-bond acceptors (Lipinski definition) is 11. The second kappa shape index (κ2) is 10.6. The molecule has 33 heavy (non-hydrogen) atoms. The molecule has 0 saturated carbocycles. The van der Waals surface area contributed by atoms with Crippen molar-refractivity contribution in [2.45, 2.75) is 0 Å². The molecule has 0 aliphatic rings. The minimum atomic E-state index is -0.574. The molecule has 0 fully saturated rings. The molecule has 0 bridgehead atoms. The standard InChI is InChI=1S/C20H21FN10O2/c1-23-10-16(29-22)28-15-9-13(17(31-30-15)20(32)24-2)27-14-8-11(21)7-12(18(14)33-3)19-25-5-4-6-26-19/h4-10,22-23H,1-3H3,(H,24,32)(H2,27,28,30)/b16-10-,29-22?. The Balaban J connectivity index is 2.10. The van der Waals surface area contributed by atoms with Gasteiger partial charge in [-0.25, -0.2) is 19.9 Å². The number of nitrogens with zero attached hydrogens (tertiary/aromatic N) is 5. The maximum absolute atomic E-state index is 14.5. The van der Waals surface area contributed by atoms with E-state index in [4.69, 9.17) is 10.3 Å². The lowest BCUT2D eigenvalue weighted by atomic mass is 10.1. The van der Waals surface area contributed by atoms with Crippen LogP contribution in [0.15, 0.2) is 53.8 Å². The number of ether oxygens (including phenoxy) is 1. The number of rotatable bonds is 9. The van der Waals surface area contributed by atoms with Crippen molar-refractivity contribution in [2.24, 2.45) is 5.11 Å². The second-order valence-corrected chi connectivity index (χ2v) is 6.36. The fourth-order valence-electron chi connectivity index (χ4n) is 2.85. The Morgan fingerprint density at radius 3 is 2.55 bits per heavy atom. The van der Waals surface area contributed by atoms with E-state index in [-0.39, 0.29) is 40.3 Å². The Kier molecular flexibility index (Phi) is 7.36. The molecule has 0 aliphatic carbocycles. The van der Waals surface area contributed by atoms with Crippen molar-refractivity contribution in [1.29, 1.82) is 5.53 Å². The predicted octanol–water partition coefficient (Wildman–Crippen LogP) is 2.65. The van der Waals surface area contributed by atoms with Gasteiger partial charge in [0.1, 0.15) is 5.82 Å². The Hall–Kier alpha value is -4.68. The Labute approximate surface area is 188 Å². The van der Waals surface area contributed by atoms with Crippen LogP contribution in [0.3, 0.4) is 0 Å². The molecule has 1 amide bonds. The van der Waals surface area contributed by atoms with Gasteiger partial charge in [0.2, 0.25) is 0 Å². The average Bonchev–Trinajstić information content (AvgIpc) is 2.83. The molecule has 0 radical (unpaired) electrons. The number of carbonyl (C=O) groups is 1. The van der Waals surface area contributed by atoms with E-state index in [2.05, 4.69) is 46.5 Å². The average molecular weight is 452 g/mol. The molecule has 0 atom stereocenters. The summed E-state index contributed by atoms with van der Waals surface area (Å²) in [6.45, 7) is 0. The topological polar surface area (TPSA) is 162 Å². The molecule has 0 saturated heterocycles. The SMILES string of the molecule is CN/C=C(\N=N)Nc1cc(Nc2cc(F)cc(-c3ncccn3)c2OC)c(C(=O)NC)nn1. The highest BCUT2D eigenvalue weighted by Gasteiger charge is 2.20. The lowest BCUT2D eigenvalue weighted by Gasteiger charge is -2.17. The quantitative estimate of drug-likeness (QED) is 0.307. The minimum Gasteiger partial charge on any atom is -0.494 e. The zero-order valence-electron chi connectivity index (χ0n) is 18.0. The van der Waals surface area contributed by atoms with E-state index >= 15 is 0 Å². The fourth-order valence-corrected chi connectivity index (χ4v) is 2.85. The van der Waals surface area contributed by atoms with Gasteiger partial charge in [-0.15, -0.1) is 15.3 Å². The largest absolute Gasteiger partial charge is 0.494 e. The van der Waals surface area contributed by atoms with Gasteiger partial charge < -0.3 is 26.0 Å². The number of carbonyl (C=O) groups excluding carboxylic acids is 1. The van der Waals surface area contributed by atoms with E-state index in [0.29, 0.717) is 5.56 Å². The molecule has 0 spiro atoms. The highest BCUT2D eigenvalue weighted by molar-refractivity contribution is 5.98. The zero-order valence-corrected chi connectivity index (χ0v) is 18.0. The summed E-state index contributed by atoms with van der Waals surface area (Å²) >= 11 is 0. The van der Waals surface area contributed by atoms with E-state index in [9.17, 15) is 9.18 Å². The number of nitrogens with one attached hydrogen (secondary N) is 5. The van der Waals surface area contributed by atoms with E-state index in [1.54, 1.807) is 13.1 Å². The van der Waals surface area contributed by atoms with Gasteiger partial charge in [-0.3, -0.25) is 4.79 Å². The molecule has 170 valence electrons. The number of amides is 1. The summed E-state index contributed by atoms with van der Waals surface area (Å²) in [4.78, 5) is 20.7. The van der Waals surface area contributed by atoms with Crippen molar-refractivity contribution in [1.82, 2.24) is 30.8 Å². The molecular formula is C20H21FN10O2. The van der Waals surface area contributed by atoms with Crippen LogP contribution in [-0.2, 0) is 0 Å². The van der Waals surface area contributed by atoms with Crippen LogP contribution in [0.4, 0.5) is 21.6 Å². The molecule has 3 aromatic rings. The van der Waals surface area contributed by atoms with Gasteiger partial charge in [-0.05, 0) is 12.1 Å². The summed E-state index contributed by atoms with van der Waals surface area (Å²) in [5.41, 5.74) is 7.90. The molecule has 3 rings (SSSR count). The van der Waals surface area contributed by atoms with Gasteiger partial charge in [0.15, 0.2) is 28.9 Å². The zero-order chi connectivity index (χ0) is 23.8. The lowest BCUT2D eigenvalue weighted by molar-refractivity contribution is 0.0958. The van der Waals surface area contributed by atoms with Gasteiger partial charge in [0.05, 0.1) is 24.0 Å². The smallest absolute Gasteiger partial charge is 0.273 e. The first kappa shape index (κ1) is 23.0. The van der Waals surface area contributed by atoms with Crippen LogP contribution in [-0.4, -0.2) is 47.3 Å². The molecule has 5 N–H and O–H groups in total. The lowest BCUT2D eigenvalue weighted by Crippen LogP contribution is -2.21. The van der Waals surface area contributed by atoms with Crippen molar-refractivity contribution >= 4 is 23.1 Å². The number of aromatic nitrogens is 4. The summed E-state index contributed by atoms with van der Waals surface area (Å²) < 4.78 is 20.0. The van der Waals surface area contributed by atoms with Crippen LogP contribution in [0, 0.1) is 11.3 Å². The maximum atomic E-state index is 14.5. The van der Waals surface area contributed by atoms with Crippen LogP contribution in [0.1, 0.15) is 10.5 Å². The molecule has 2 aromatic heterocycles. The molecule has 0 unspecified atom stereocenters.